The van der Waals surface area contributed by atoms with Gasteiger partial charge in [-0.1, -0.05) is 44.2 Å². The quantitative estimate of drug-likeness (QED) is 0.336. The van der Waals surface area contributed by atoms with Gasteiger partial charge in [-0.15, -0.1) is 0 Å². The van der Waals surface area contributed by atoms with E-state index in [-0.39, 0.29) is 11.7 Å². The van der Waals surface area contributed by atoms with Gasteiger partial charge in [-0.3, -0.25) is 14.3 Å². The van der Waals surface area contributed by atoms with Crippen molar-refractivity contribution in [3.05, 3.63) is 87.9 Å². The largest absolute Gasteiger partial charge is 0.497 e. The number of hydrogen-bond donors (Lipinski definition) is 1. The summed E-state index contributed by atoms with van der Waals surface area (Å²) in [5, 5.41) is 7.91. The highest BCUT2D eigenvalue weighted by atomic mass is 16.5. The molecule has 1 aliphatic carbocycles. The van der Waals surface area contributed by atoms with Gasteiger partial charge in [0.05, 0.1) is 13.7 Å². The Kier molecular flexibility index (Phi) is 8.11. The Morgan fingerprint density at radius 3 is 2.35 bits per heavy atom. The fourth-order valence-electron chi connectivity index (χ4n) is 4.92. The van der Waals surface area contributed by atoms with Crippen LogP contribution >= 0.6 is 0 Å². The zero-order valence-corrected chi connectivity index (χ0v) is 22.4. The summed E-state index contributed by atoms with van der Waals surface area (Å²) in [5.74, 6) is 0.425. The number of para-hydroxylation sites is 1. The molecule has 0 unspecified atom stereocenters. The molecule has 0 radical (unpaired) electrons. The molecule has 194 valence electrons. The summed E-state index contributed by atoms with van der Waals surface area (Å²) in [4.78, 5) is 29.4. The molecule has 7 heteroatoms. The van der Waals surface area contributed by atoms with E-state index >= 15 is 0 Å². The van der Waals surface area contributed by atoms with Crippen molar-refractivity contribution in [2.45, 2.75) is 52.5 Å². The van der Waals surface area contributed by atoms with Crippen molar-refractivity contribution in [1.29, 1.82) is 0 Å². The average Bonchev–Trinajstić information content (AvgIpc) is 3.17. The first-order chi connectivity index (χ1) is 17.9. The molecule has 0 saturated heterocycles. The van der Waals surface area contributed by atoms with Gasteiger partial charge in [-0.25, -0.2) is 0 Å². The second-order valence-corrected chi connectivity index (χ2v) is 9.59. The van der Waals surface area contributed by atoms with E-state index in [4.69, 9.17) is 9.84 Å². The fraction of sp³-hybridized carbons (Fsp3) is 0.367. The maximum atomic E-state index is 13.8. The maximum Gasteiger partial charge on any atom is 0.276 e. The predicted molar refractivity (Wildman–Crippen MR) is 147 cm³/mol. The zero-order chi connectivity index (χ0) is 26.5. The third-order valence-corrected chi connectivity index (χ3v) is 6.79. The van der Waals surface area contributed by atoms with Crippen molar-refractivity contribution in [3.63, 3.8) is 0 Å². The Morgan fingerprint density at radius 2 is 1.76 bits per heavy atom. The van der Waals surface area contributed by atoms with Crippen molar-refractivity contribution < 1.29 is 14.3 Å². The van der Waals surface area contributed by atoms with Gasteiger partial charge >= 0.3 is 0 Å². The van der Waals surface area contributed by atoms with Crippen molar-refractivity contribution in [2.75, 3.05) is 26.5 Å². The molecule has 0 aliphatic heterocycles. The average molecular weight is 501 g/mol. The van der Waals surface area contributed by atoms with Crippen LogP contribution < -0.4 is 10.1 Å². The minimum absolute atomic E-state index is 0.0653. The van der Waals surface area contributed by atoms with Crippen LogP contribution in [-0.2, 0) is 25.8 Å². The molecule has 1 heterocycles. The number of ketones is 1. The molecular weight excluding hydrogens is 464 g/mol. The number of amides is 1. The number of aryl methyl sites for hydroxylation is 2. The van der Waals surface area contributed by atoms with E-state index in [1.54, 1.807) is 11.8 Å². The Labute approximate surface area is 219 Å². The maximum absolute atomic E-state index is 13.8. The molecule has 0 atom stereocenters. The molecule has 2 aromatic carbocycles. The summed E-state index contributed by atoms with van der Waals surface area (Å²) < 4.78 is 6.99. The molecule has 0 fully saturated rings. The molecule has 0 spiro atoms. The number of Topliss-reactive ketones (excluding diaryl/α,β-unsaturated/α-hetero) is 1. The smallest absolute Gasteiger partial charge is 0.276 e. The standard InChI is InChI=1S/C30H36N4O3/c1-6-21-10-8-11-22(7-2)26(21)31-30(36)27-25-13-9-12-23(19-33(3)4)29(35)28(25)34(32-27)18-20-14-16-24(37-5)17-15-20/h8,10-11,14-17,19H,6-7,9,12-13,18H2,1-5H3,(H,31,36). The third-order valence-electron chi connectivity index (χ3n) is 6.79. The number of carbonyl (C=O) groups excluding carboxylic acids is 2. The molecule has 1 amide bonds. The van der Waals surface area contributed by atoms with Crippen LogP contribution in [0.25, 0.3) is 0 Å². The van der Waals surface area contributed by atoms with Crippen LogP contribution in [0.5, 0.6) is 5.75 Å². The van der Waals surface area contributed by atoms with Gasteiger partial charge in [-0.2, -0.15) is 5.10 Å². The first-order valence-corrected chi connectivity index (χ1v) is 12.9. The summed E-state index contributed by atoms with van der Waals surface area (Å²) in [5.41, 5.74) is 6.29. The van der Waals surface area contributed by atoms with Crippen LogP contribution in [0.3, 0.4) is 0 Å². The second kappa shape index (κ2) is 11.5. The van der Waals surface area contributed by atoms with Crippen LogP contribution in [0.4, 0.5) is 5.69 Å². The number of anilines is 1. The normalized spacial score (nSPS) is 14.3. The number of benzene rings is 2. The van der Waals surface area contributed by atoms with Gasteiger partial charge in [-0.05, 0) is 60.9 Å². The Balaban J connectivity index is 1.79. The molecule has 0 bridgehead atoms. The summed E-state index contributed by atoms with van der Waals surface area (Å²) in [6.45, 7) is 4.54. The van der Waals surface area contributed by atoms with E-state index in [1.165, 1.54) is 0 Å². The number of hydrogen-bond acceptors (Lipinski definition) is 5. The number of carbonyl (C=O) groups is 2. The van der Waals surface area contributed by atoms with E-state index in [9.17, 15) is 9.59 Å². The van der Waals surface area contributed by atoms with Crippen molar-refractivity contribution in [2.24, 2.45) is 0 Å². The minimum atomic E-state index is -0.270. The van der Waals surface area contributed by atoms with Crippen molar-refractivity contribution in [3.8, 4) is 5.75 Å². The Morgan fingerprint density at radius 1 is 1.08 bits per heavy atom. The Hall–Kier alpha value is -3.87. The minimum Gasteiger partial charge on any atom is -0.497 e. The number of nitrogens with zero attached hydrogens (tertiary/aromatic N) is 3. The lowest BCUT2D eigenvalue weighted by molar-refractivity contribution is 0.101. The van der Waals surface area contributed by atoms with E-state index in [1.807, 2.05) is 67.7 Å². The topological polar surface area (TPSA) is 76.5 Å². The van der Waals surface area contributed by atoms with Crippen LogP contribution in [0.2, 0.25) is 0 Å². The van der Waals surface area contributed by atoms with Crippen LogP contribution in [0, 0.1) is 0 Å². The lowest BCUT2D eigenvalue weighted by Crippen LogP contribution is -2.17. The van der Waals surface area contributed by atoms with Crippen LogP contribution in [0.15, 0.2) is 54.2 Å². The summed E-state index contributed by atoms with van der Waals surface area (Å²) in [7, 11) is 5.46. The fourth-order valence-corrected chi connectivity index (χ4v) is 4.92. The first-order valence-electron chi connectivity index (χ1n) is 12.9. The lowest BCUT2D eigenvalue weighted by atomic mass is 10.0. The molecule has 7 nitrogen and oxygen atoms in total. The molecular formula is C30H36N4O3. The highest BCUT2D eigenvalue weighted by Crippen LogP contribution is 2.30. The molecule has 0 saturated carbocycles. The monoisotopic (exact) mass is 500 g/mol. The number of allylic oxidation sites excluding steroid dienone is 1. The molecule has 37 heavy (non-hydrogen) atoms. The molecule has 1 aliphatic rings. The molecule has 4 rings (SSSR count). The Bertz CT molecular complexity index is 1300. The van der Waals surface area contributed by atoms with Gasteiger partial charge in [0, 0.05) is 37.1 Å². The number of ether oxygens (including phenoxy) is 1. The predicted octanol–water partition coefficient (Wildman–Crippen LogP) is 5.28. The van der Waals surface area contributed by atoms with E-state index in [2.05, 4.69) is 19.2 Å². The van der Waals surface area contributed by atoms with Gasteiger partial charge < -0.3 is 15.0 Å². The lowest BCUT2D eigenvalue weighted by Gasteiger charge is -2.14. The zero-order valence-electron chi connectivity index (χ0n) is 22.4. The number of fused-ring (bicyclic) bond motifs is 1. The molecule has 1 N–H and O–H groups in total. The van der Waals surface area contributed by atoms with Crippen LogP contribution in [0.1, 0.15) is 69.9 Å². The molecule has 3 aromatic rings. The summed E-state index contributed by atoms with van der Waals surface area (Å²) >= 11 is 0. The highest BCUT2D eigenvalue weighted by Gasteiger charge is 2.31. The van der Waals surface area contributed by atoms with E-state index < -0.39 is 0 Å². The van der Waals surface area contributed by atoms with E-state index in [0.717, 1.165) is 58.5 Å². The highest BCUT2D eigenvalue weighted by molar-refractivity contribution is 6.12. The number of aromatic nitrogens is 2. The molecule has 1 aromatic heterocycles. The van der Waals surface area contributed by atoms with Crippen molar-refractivity contribution >= 4 is 17.4 Å². The third kappa shape index (κ3) is 5.61. The van der Waals surface area contributed by atoms with Gasteiger partial charge in [0.15, 0.2) is 5.69 Å². The first kappa shape index (κ1) is 26.2. The van der Waals surface area contributed by atoms with Gasteiger partial charge in [0.25, 0.3) is 5.91 Å². The van der Waals surface area contributed by atoms with Gasteiger partial charge in [0.2, 0.25) is 5.78 Å². The van der Waals surface area contributed by atoms with Gasteiger partial charge in [0.1, 0.15) is 11.4 Å². The van der Waals surface area contributed by atoms with Crippen LogP contribution in [-0.4, -0.2) is 47.6 Å². The number of nitrogens with one attached hydrogen (secondary N) is 1. The summed E-state index contributed by atoms with van der Waals surface area (Å²) in [6.07, 6.45) is 5.56. The van der Waals surface area contributed by atoms with Crippen molar-refractivity contribution in [1.82, 2.24) is 14.7 Å². The van der Waals surface area contributed by atoms with E-state index in [0.29, 0.717) is 30.8 Å². The second-order valence-electron chi connectivity index (χ2n) is 9.59. The summed E-state index contributed by atoms with van der Waals surface area (Å²) in [6, 6.07) is 13.8. The number of methoxy groups -OCH3 is 1. The SMILES string of the molecule is CCc1cccc(CC)c1NC(=O)c1nn(Cc2ccc(OC)cc2)c2c1CCCC(=CN(C)C)C2=O. The number of rotatable bonds is 8.